The maximum Gasteiger partial charge on any atom is 0.181 e. The molecule has 0 aliphatic heterocycles. The van der Waals surface area contributed by atoms with Crippen molar-refractivity contribution < 1.29 is 0 Å². The summed E-state index contributed by atoms with van der Waals surface area (Å²) in [5.41, 5.74) is 6.61. The Bertz CT molecular complexity index is 1660. The van der Waals surface area contributed by atoms with Crippen LogP contribution in [-0.2, 0) is 16.2 Å². The van der Waals surface area contributed by atoms with Crippen LogP contribution in [0.25, 0.3) is 33.0 Å². The monoisotopic (exact) mass is 916 g/mol. The molecule has 0 bridgehead atoms. The van der Waals surface area contributed by atoms with Gasteiger partial charge in [-0.15, -0.1) is 0 Å². The molecule has 0 aliphatic carbocycles. The van der Waals surface area contributed by atoms with Gasteiger partial charge in [0.05, 0.1) is 28.1 Å². The van der Waals surface area contributed by atoms with Crippen molar-refractivity contribution in [2.75, 3.05) is 0 Å². The fraction of sp³-hybridized carbons (Fsp3) is 0.632. The van der Waals surface area contributed by atoms with Crippen LogP contribution in [0.4, 0.5) is 0 Å². The first-order chi connectivity index (χ1) is 31.3. The van der Waals surface area contributed by atoms with E-state index in [1.165, 1.54) is 44.9 Å². The zero-order valence-corrected chi connectivity index (χ0v) is 48.2. The van der Waals surface area contributed by atoms with E-state index < -0.39 is 0 Å². The van der Waals surface area contributed by atoms with Crippen LogP contribution in [0.3, 0.4) is 0 Å². The molecule has 0 saturated carbocycles. The average molecular weight is 917 g/mol. The summed E-state index contributed by atoms with van der Waals surface area (Å²) in [4.78, 5) is 38.0. The molecular weight excluding hydrogens is 811 g/mol. The van der Waals surface area contributed by atoms with Crippen LogP contribution < -0.4 is 0 Å². The summed E-state index contributed by atoms with van der Waals surface area (Å²) >= 11 is 0. The molecule has 6 aromatic rings. The first-order valence-electron chi connectivity index (χ1n) is 25.4. The number of nitrogens with zero attached hydrogens (tertiary/aromatic N) is 9. The molecule has 0 fully saturated rings. The predicted octanol–water partition coefficient (Wildman–Crippen LogP) is 18.5. The quantitative estimate of drug-likeness (QED) is 0.147. The summed E-state index contributed by atoms with van der Waals surface area (Å²) in [5.74, 6) is 0. The lowest BCUT2D eigenvalue weighted by molar-refractivity contribution is 0.572. The highest BCUT2D eigenvalue weighted by Gasteiger charge is 2.21. The molecular formula is C57H105N9. The third-order valence-corrected chi connectivity index (χ3v) is 6.38. The molecule has 0 unspecified atom stereocenters. The fourth-order valence-corrected chi connectivity index (χ4v) is 4.44. The largest absolute Gasteiger partial charge is 0.264 e. The zero-order chi connectivity index (χ0) is 52.8. The van der Waals surface area contributed by atoms with E-state index in [0.29, 0.717) is 5.65 Å². The number of hydrogen-bond acceptors (Lipinski definition) is 9. The van der Waals surface area contributed by atoms with Gasteiger partial charge in [-0.1, -0.05) is 244 Å². The van der Waals surface area contributed by atoms with Gasteiger partial charge in [-0.05, 0) is 12.1 Å². The molecule has 0 radical (unpaired) electrons. The highest BCUT2D eigenvalue weighted by molar-refractivity contribution is 5.81. The Morgan fingerprint density at radius 1 is 0.348 bits per heavy atom. The van der Waals surface area contributed by atoms with E-state index in [4.69, 9.17) is 0 Å². The van der Waals surface area contributed by atoms with Gasteiger partial charge in [-0.2, -0.15) is 0 Å². The summed E-state index contributed by atoms with van der Waals surface area (Å²) in [6, 6.07) is 10.0. The van der Waals surface area contributed by atoms with Crippen LogP contribution in [0.2, 0.25) is 0 Å². The van der Waals surface area contributed by atoms with Gasteiger partial charge < -0.3 is 0 Å². The van der Waals surface area contributed by atoms with Crippen molar-refractivity contribution in [1.29, 1.82) is 0 Å². The van der Waals surface area contributed by atoms with E-state index in [9.17, 15) is 0 Å². The summed E-state index contributed by atoms with van der Waals surface area (Å²) in [6.07, 6.45) is 19.2. The Balaban J connectivity index is -0.000000165. The Kier molecular flexibility index (Phi) is 52.0. The van der Waals surface area contributed by atoms with Crippen LogP contribution in [0, 0.1) is 0 Å². The summed E-state index contributed by atoms with van der Waals surface area (Å²) in [7, 11) is 0. The first-order valence-corrected chi connectivity index (χ1v) is 25.4. The molecule has 66 heavy (non-hydrogen) atoms. The highest BCUT2D eigenvalue weighted by atomic mass is 15.0. The normalized spacial score (nSPS) is 9.50. The molecule has 0 N–H and O–H groups in total. The lowest BCUT2D eigenvalue weighted by Gasteiger charge is -2.18. The molecule has 0 spiro atoms. The van der Waals surface area contributed by atoms with Gasteiger partial charge in [0, 0.05) is 51.8 Å². The first kappa shape index (κ1) is 73.1. The minimum Gasteiger partial charge on any atom is -0.264 e. The molecule has 9 heteroatoms. The minimum absolute atomic E-state index is 0.0305. The smallest absolute Gasteiger partial charge is 0.181 e. The Labute approximate surface area is 409 Å². The summed E-state index contributed by atoms with van der Waals surface area (Å²) in [5, 5.41) is 2.20. The highest BCUT2D eigenvalue weighted by Crippen LogP contribution is 2.27. The van der Waals surface area contributed by atoms with Crippen molar-refractivity contribution >= 4 is 33.0 Å². The lowest BCUT2D eigenvalue weighted by atomic mass is 9.89. The van der Waals surface area contributed by atoms with Crippen molar-refractivity contribution in [2.24, 2.45) is 0 Å². The van der Waals surface area contributed by atoms with Crippen molar-refractivity contribution in [2.45, 2.75) is 242 Å². The van der Waals surface area contributed by atoms with Gasteiger partial charge in [-0.25, -0.2) is 39.9 Å². The second kappa shape index (κ2) is 47.0. The van der Waals surface area contributed by atoms with Crippen LogP contribution in [0.15, 0.2) is 74.1 Å². The zero-order valence-electron chi connectivity index (χ0n) is 48.2. The van der Waals surface area contributed by atoms with Crippen LogP contribution >= 0.6 is 0 Å². The Morgan fingerprint density at radius 2 is 0.682 bits per heavy atom. The summed E-state index contributed by atoms with van der Waals surface area (Å²) < 4.78 is 0. The van der Waals surface area contributed by atoms with Gasteiger partial charge in [0.1, 0.15) is 24.5 Å². The second-order valence-electron chi connectivity index (χ2n) is 17.3. The maximum absolute atomic E-state index is 4.37. The van der Waals surface area contributed by atoms with E-state index in [2.05, 4.69) is 196 Å². The SMILES string of the molecule is CC.CC.CC.CC(C)(C)c1ncnc2ccccc12.CC(C)(C)c1ncnc2ccncc12.CC(C)(C)c1ncnc2nccnc12.CCC.CCC.CCC.CCC.CCC.CCC. The van der Waals surface area contributed by atoms with Crippen LogP contribution in [0.1, 0.15) is 243 Å². The van der Waals surface area contributed by atoms with Crippen molar-refractivity contribution in [3.8, 4) is 0 Å². The van der Waals surface area contributed by atoms with Crippen molar-refractivity contribution in [3.63, 3.8) is 0 Å². The molecule has 1 aromatic carbocycles. The van der Waals surface area contributed by atoms with Gasteiger partial charge in [0.2, 0.25) is 0 Å². The van der Waals surface area contributed by atoms with Gasteiger partial charge in [0.15, 0.2) is 5.65 Å². The van der Waals surface area contributed by atoms with Crippen molar-refractivity contribution in [1.82, 2.24) is 44.9 Å². The Hall–Kier alpha value is -4.53. The van der Waals surface area contributed by atoms with Gasteiger partial charge in [-0.3, -0.25) is 4.98 Å². The fourth-order valence-electron chi connectivity index (χ4n) is 4.44. The van der Waals surface area contributed by atoms with E-state index >= 15 is 0 Å². The molecule has 5 heterocycles. The predicted molar refractivity (Wildman–Crippen MR) is 298 cm³/mol. The number of hydrogen-bond donors (Lipinski definition) is 0. The molecule has 6 rings (SSSR count). The lowest BCUT2D eigenvalue weighted by Crippen LogP contribution is -2.15. The summed E-state index contributed by atoms with van der Waals surface area (Å²) in [6.45, 7) is 56.7. The molecule has 9 nitrogen and oxygen atoms in total. The average Bonchev–Trinajstić information content (AvgIpc) is 3.29. The van der Waals surface area contributed by atoms with Crippen molar-refractivity contribution in [3.05, 3.63) is 91.2 Å². The number of rotatable bonds is 0. The molecule has 0 saturated heterocycles. The van der Waals surface area contributed by atoms with Gasteiger partial charge in [0.25, 0.3) is 0 Å². The number of fused-ring (bicyclic) bond motifs is 3. The van der Waals surface area contributed by atoms with E-state index in [0.717, 1.165) is 44.4 Å². The standard InChI is InChI=1S/C12H14N2.C11H13N3.C10H12N4.6C3H8.3C2H6/c1-12(2,3)11-9-6-4-5-7-10(9)13-8-14-11;1-11(2,3)10-8-6-12-5-4-9(8)13-7-14-10;1-10(2,3)8-7-9(14-6-13-8)12-5-4-11-7;6*1-3-2;3*1-2/h4-8H,1-3H3;4-7H,1-3H3;4-6H,1-3H3;6*3H2,1-2H3;3*1-2H3. The molecule has 5 aromatic heterocycles. The molecule has 378 valence electrons. The topological polar surface area (TPSA) is 116 Å². The van der Waals surface area contributed by atoms with Gasteiger partial charge >= 0.3 is 0 Å². The van der Waals surface area contributed by atoms with Crippen LogP contribution in [0.5, 0.6) is 0 Å². The maximum atomic E-state index is 4.37. The molecule has 0 amide bonds. The number of pyridine rings is 1. The second-order valence-corrected chi connectivity index (χ2v) is 17.3. The van der Waals surface area contributed by atoms with Crippen LogP contribution in [-0.4, -0.2) is 44.9 Å². The molecule has 0 aliphatic rings. The third kappa shape index (κ3) is 34.8. The van der Waals surface area contributed by atoms with E-state index in [1.54, 1.807) is 31.2 Å². The van der Waals surface area contributed by atoms with E-state index in [1.807, 2.05) is 72.0 Å². The third-order valence-electron chi connectivity index (χ3n) is 6.38. The number of aromatic nitrogens is 9. The van der Waals surface area contributed by atoms with E-state index in [-0.39, 0.29) is 16.2 Å². The Morgan fingerprint density at radius 3 is 1.09 bits per heavy atom. The number of para-hydroxylation sites is 1. The molecule has 0 atom stereocenters. The minimum atomic E-state index is -0.0305. The number of benzene rings is 1.